The largest absolute Gasteiger partial charge is 0.472 e. The molecular weight excluding hydrogens is 330 g/mol. The summed E-state index contributed by atoms with van der Waals surface area (Å²) in [6.07, 6.45) is -2.14. The van der Waals surface area contributed by atoms with Gasteiger partial charge in [-0.2, -0.15) is 0 Å². The molecule has 25 heavy (non-hydrogen) atoms. The van der Waals surface area contributed by atoms with Crippen molar-refractivity contribution >= 4 is 12.1 Å². The molecule has 0 fully saturated rings. The Labute approximate surface area is 145 Å². The van der Waals surface area contributed by atoms with E-state index in [0.29, 0.717) is 23.5 Å². The van der Waals surface area contributed by atoms with E-state index < -0.39 is 6.43 Å². The molecule has 0 aliphatic rings. The standard InChI is InChI=1S/C16H18F2N2O.CH4N2O/c1-10-7-8-11(2)20-16(10)21-9-13-12(15(17)18)5-4-6-14(13)19-3;2-3-1-4/h4-8,15,19H,9H2,1-3H3;1H,2H2,(H,3,4). The summed E-state index contributed by atoms with van der Waals surface area (Å²) in [6, 6.07) is 8.55. The van der Waals surface area contributed by atoms with Crippen LogP contribution in [0.1, 0.15) is 28.8 Å². The number of alkyl halides is 2. The van der Waals surface area contributed by atoms with E-state index in [1.807, 2.05) is 26.0 Å². The lowest BCUT2D eigenvalue weighted by Crippen LogP contribution is -2.18. The molecule has 0 spiro atoms. The van der Waals surface area contributed by atoms with Crippen LogP contribution in [0.25, 0.3) is 0 Å². The Kier molecular flexibility index (Phi) is 8.28. The van der Waals surface area contributed by atoms with Gasteiger partial charge in [0.1, 0.15) is 6.61 Å². The summed E-state index contributed by atoms with van der Waals surface area (Å²) in [7, 11) is 1.70. The number of hydrazine groups is 1. The smallest absolute Gasteiger partial charge is 0.264 e. The Hall–Kier alpha value is -2.74. The van der Waals surface area contributed by atoms with Crippen LogP contribution in [0.5, 0.6) is 5.88 Å². The molecule has 4 N–H and O–H groups in total. The highest BCUT2D eigenvalue weighted by atomic mass is 19.3. The van der Waals surface area contributed by atoms with Gasteiger partial charge in [-0.3, -0.25) is 10.2 Å². The number of hydrogen-bond acceptors (Lipinski definition) is 5. The van der Waals surface area contributed by atoms with Gasteiger partial charge >= 0.3 is 0 Å². The molecule has 2 rings (SSSR count). The van der Waals surface area contributed by atoms with Gasteiger partial charge in [0.15, 0.2) is 0 Å². The quantitative estimate of drug-likeness (QED) is 0.322. The van der Waals surface area contributed by atoms with E-state index >= 15 is 0 Å². The number of aromatic nitrogens is 1. The molecule has 0 radical (unpaired) electrons. The van der Waals surface area contributed by atoms with Gasteiger partial charge in [-0.1, -0.05) is 18.2 Å². The summed E-state index contributed by atoms with van der Waals surface area (Å²) >= 11 is 0. The molecule has 2 aromatic rings. The van der Waals surface area contributed by atoms with E-state index in [2.05, 4.69) is 16.1 Å². The monoisotopic (exact) mass is 352 g/mol. The van der Waals surface area contributed by atoms with Gasteiger partial charge < -0.3 is 10.1 Å². The minimum atomic E-state index is -2.54. The van der Waals surface area contributed by atoms with Gasteiger partial charge in [0, 0.05) is 35.1 Å². The maximum absolute atomic E-state index is 13.1. The van der Waals surface area contributed by atoms with E-state index in [4.69, 9.17) is 9.53 Å². The van der Waals surface area contributed by atoms with Crippen molar-refractivity contribution in [1.29, 1.82) is 0 Å². The van der Waals surface area contributed by atoms with E-state index in [0.717, 1.165) is 11.3 Å². The molecule has 0 bridgehead atoms. The predicted octanol–water partition coefficient (Wildman–Crippen LogP) is 2.86. The molecule has 1 amide bonds. The zero-order valence-corrected chi connectivity index (χ0v) is 14.3. The molecule has 136 valence electrons. The normalized spacial score (nSPS) is 9.88. The molecule has 8 heteroatoms. The Morgan fingerprint density at radius 3 is 2.52 bits per heavy atom. The van der Waals surface area contributed by atoms with Crippen LogP contribution in [0, 0.1) is 13.8 Å². The first-order valence-corrected chi connectivity index (χ1v) is 7.49. The fraction of sp³-hybridized carbons (Fsp3) is 0.294. The maximum atomic E-state index is 13.1. The summed E-state index contributed by atoms with van der Waals surface area (Å²) in [5.41, 5.74) is 4.52. The summed E-state index contributed by atoms with van der Waals surface area (Å²) in [5, 5.41) is 2.92. The first-order valence-electron chi connectivity index (χ1n) is 7.49. The van der Waals surface area contributed by atoms with Crippen molar-refractivity contribution in [3.63, 3.8) is 0 Å². The number of carbonyl (C=O) groups excluding carboxylic acids is 1. The van der Waals surface area contributed by atoms with Crippen molar-refractivity contribution in [3.05, 3.63) is 52.7 Å². The van der Waals surface area contributed by atoms with Crippen LogP contribution >= 0.6 is 0 Å². The SMILES string of the molecule is CNc1cccc(C(F)F)c1COc1nc(C)ccc1C.NNC=O. The first kappa shape index (κ1) is 20.3. The summed E-state index contributed by atoms with van der Waals surface area (Å²) in [6.45, 7) is 3.78. The Morgan fingerprint density at radius 1 is 1.28 bits per heavy atom. The number of rotatable bonds is 6. The second kappa shape index (κ2) is 10.2. The minimum absolute atomic E-state index is 0.0212. The predicted molar refractivity (Wildman–Crippen MR) is 92.4 cm³/mol. The summed E-state index contributed by atoms with van der Waals surface area (Å²) in [5.74, 6) is 4.88. The van der Waals surface area contributed by atoms with Crippen molar-refractivity contribution in [1.82, 2.24) is 10.4 Å². The average Bonchev–Trinajstić information content (AvgIpc) is 2.62. The molecule has 0 saturated heterocycles. The second-order valence-electron chi connectivity index (χ2n) is 5.07. The maximum Gasteiger partial charge on any atom is 0.264 e. The number of nitrogens with one attached hydrogen (secondary N) is 2. The number of pyridine rings is 1. The fourth-order valence-corrected chi connectivity index (χ4v) is 2.09. The van der Waals surface area contributed by atoms with Crippen LogP contribution in [-0.2, 0) is 11.4 Å². The number of carbonyl (C=O) groups is 1. The molecule has 0 aliphatic heterocycles. The van der Waals surface area contributed by atoms with Crippen LogP contribution in [0.2, 0.25) is 0 Å². The van der Waals surface area contributed by atoms with Gasteiger partial charge in [-0.25, -0.2) is 19.6 Å². The lowest BCUT2D eigenvalue weighted by molar-refractivity contribution is -0.109. The number of nitrogens with two attached hydrogens (primary N) is 1. The first-order chi connectivity index (χ1) is 11.9. The molecule has 1 aromatic heterocycles. The van der Waals surface area contributed by atoms with Crippen LogP contribution in [0.3, 0.4) is 0 Å². The number of anilines is 1. The topological polar surface area (TPSA) is 89.3 Å². The lowest BCUT2D eigenvalue weighted by atomic mass is 10.1. The molecule has 0 aliphatic carbocycles. The third-order valence-electron chi connectivity index (χ3n) is 3.33. The summed E-state index contributed by atoms with van der Waals surface area (Å²) in [4.78, 5) is 13.2. The molecule has 0 atom stereocenters. The number of aryl methyl sites for hydroxylation is 2. The third-order valence-corrected chi connectivity index (χ3v) is 3.33. The Bertz CT molecular complexity index is 696. The third kappa shape index (κ3) is 6.00. The van der Waals surface area contributed by atoms with E-state index in [1.165, 1.54) is 6.07 Å². The molecule has 0 unspecified atom stereocenters. The second-order valence-corrected chi connectivity index (χ2v) is 5.07. The molecule has 1 aromatic carbocycles. The molecular formula is C17H22F2N4O2. The number of amides is 1. The number of halogens is 2. The number of benzene rings is 1. The molecule has 6 nitrogen and oxygen atoms in total. The van der Waals surface area contributed by atoms with Crippen LogP contribution < -0.4 is 21.3 Å². The highest BCUT2D eigenvalue weighted by molar-refractivity contribution is 5.54. The summed E-state index contributed by atoms with van der Waals surface area (Å²) < 4.78 is 31.9. The van der Waals surface area contributed by atoms with Crippen molar-refractivity contribution in [2.75, 3.05) is 12.4 Å². The number of hydrogen-bond donors (Lipinski definition) is 3. The number of ether oxygens (including phenoxy) is 1. The van der Waals surface area contributed by atoms with Gasteiger partial charge in [0.2, 0.25) is 12.3 Å². The average molecular weight is 352 g/mol. The Balaban J connectivity index is 0.000000705. The van der Waals surface area contributed by atoms with Crippen molar-refractivity contribution in [2.24, 2.45) is 5.84 Å². The van der Waals surface area contributed by atoms with Crippen molar-refractivity contribution < 1.29 is 18.3 Å². The van der Waals surface area contributed by atoms with Gasteiger partial charge in [0.05, 0.1) is 0 Å². The minimum Gasteiger partial charge on any atom is -0.472 e. The zero-order valence-electron chi connectivity index (χ0n) is 14.3. The van der Waals surface area contributed by atoms with Crippen LogP contribution in [0.4, 0.5) is 14.5 Å². The van der Waals surface area contributed by atoms with Crippen LogP contribution in [0.15, 0.2) is 30.3 Å². The van der Waals surface area contributed by atoms with Crippen LogP contribution in [-0.4, -0.2) is 18.4 Å². The number of nitrogens with zero attached hydrogens (tertiary/aromatic N) is 1. The van der Waals surface area contributed by atoms with Gasteiger partial charge in [-0.15, -0.1) is 0 Å². The van der Waals surface area contributed by atoms with Gasteiger partial charge in [-0.05, 0) is 26.0 Å². The van der Waals surface area contributed by atoms with E-state index in [-0.39, 0.29) is 12.2 Å². The lowest BCUT2D eigenvalue weighted by Gasteiger charge is -2.15. The fourth-order valence-electron chi connectivity index (χ4n) is 2.09. The highest BCUT2D eigenvalue weighted by Crippen LogP contribution is 2.29. The van der Waals surface area contributed by atoms with Gasteiger partial charge in [0.25, 0.3) is 6.43 Å². The molecule has 1 heterocycles. The van der Waals surface area contributed by atoms with Crippen molar-refractivity contribution in [3.8, 4) is 5.88 Å². The van der Waals surface area contributed by atoms with E-state index in [9.17, 15) is 8.78 Å². The van der Waals surface area contributed by atoms with Crippen molar-refractivity contribution in [2.45, 2.75) is 26.9 Å². The molecule has 0 saturated carbocycles. The Morgan fingerprint density at radius 2 is 1.96 bits per heavy atom. The van der Waals surface area contributed by atoms with E-state index in [1.54, 1.807) is 24.6 Å². The highest BCUT2D eigenvalue weighted by Gasteiger charge is 2.16. The zero-order chi connectivity index (χ0) is 18.8.